The molecule has 0 bridgehead atoms. The molecule has 0 spiro atoms. The van der Waals surface area contributed by atoms with Crippen molar-refractivity contribution >= 4 is 23.5 Å². The van der Waals surface area contributed by atoms with Gasteiger partial charge in [-0.3, -0.25) is 14.5 Å². The summed E-state index contributed by atoms with van der Waals surface area (Å²) in [6.45, 7) is 1.56. The maximum Gasteiger partial charge on any atom is 0.416 e. The van der Waals surface area contributed by atoms with Gasteiger partial charge in [0.1, 0.15) is 25.3 Å². The van der Waals surface area contributed by atoms with Crippen molar-refractivity contribution in [3.63, 3.8) is 0 Å². The summed E-state index contributed by atoms with van der Waals surface area (Å²) in [6.07, 6.45) is -4.57. The third kappa shape index (κ3) is 3.93. The number of halogens is 3. The standard InChI is InChI=1S/C21H18F3N3O5/c1-20(12-5-6-15-16(10-12)32-8-7-31-15)18(29)27(19(30)26-20)11-17(28)25-14-4-2-3-13(9-14)21(22,23)24/h2-6,9-10H,7-8,11H2,1H3,(H,25,28)(H,26,30). The maximum absolute atomic E-state index is 13.0. The fourth-order valence-corrected chi connectivity index (χ4v) is 3.51. The number of rotatable bonds is 4. The highest BCUT2D eigenvalue weighted by atomic mass is 19.4. The van der Waals surface area contributed by atoms with Crippen molar-refractivity contribution in [1.82, 2.24) is 10.2 Å². The molecular weight excluding hydrogens is 431 g/mol. The normalized spacial score (nSPS) is 20.2. The Bertz CT molecular complexity index is 1100. The number of ether oxygens (including phenoxy) is 2. The number of fused-ring (bicyclic) bond motifs is 1. The Kier molecular flexibility index (Phi) is 5.19. The van der Waals surface area contributed by atoms with Crippen molar-refractivity contribution in [3.05, 3.63) is 53.6 Å². The molecule has 1 saturated heterocycles. The number of carbonyl (C=O) groups is 3. The molecule has 1 unspecified atom stereocenters. The molecule has 2 aromatic carbocycles. The first kappa shape index (κ1) is 21.5. The number of urea groups is 1. The molecule has 8 nitrogen and oxygen atoms in total. The average molecular weight is 449 g/mol. The maximum atomic E-state index is 13.0. The van der Waals surface area contributed by atoms with E-state index in [9.17, 15) is 27.6 Å². The van der Waals surface area contributed by atoms with Gasteiger partial charge in [-0.1, -0.05) is 12.1 Å². The van der Waals surface area contributed by atoms with E-state index in [1.165, 1.54) is 13.0 Å². The molecule has 4 amide bonds. The van der Waals surface area contributed by atoms with Gasteiger partial charge in [-0.2, -0.15) is 13.2 Å². The molecule has 2 aromatic rings. The molecule has 2 aliphatic heterocycles. The molecule has 0 aromatic heterocycles. The molecule has 1 fully saturated rings. The van der Waals surface area contributed by atoms with Crippen LogP contribution in [-0.2, 0) is 21.3 Å². The first-order valence-corrected chi connectivity index (χ1v) is 9.59. The van der Waals surface area contributed by atoms with Crippen LogP contribution in [0.25, 0.3) is 0 Å². The summed E-state index contributed by atoms with van der Waals surface area (Å²) in [5, 5.41) is 4.84. The number of alkyl halides is 3. The Balaban J connectivity index is 1.49. The van der Waals surface area contributed by atoms with Crippen LogP contribution in [0.5, 0.6) is 11.5 Å². The molecule has 2 aliphatic rings. The Hall–Kier alpha value is -3.76. The lowest BCUT2D eigenvalue weighted by Crippen LogP contribution is -2.42. The van der Waals surface area contributed by atoms with E-state index in [-0.39, 0.29) is 5.69 Å². The molecule has 4 rings (SSSR count). The van der Waals surface area contributed by atoms with Crippen LogP contribution in [0.3, 0.4) is 0 Å². The Morgan fingerprint density at radius 3 is 2.56 bits per heavy atom. The smallest absolute Gasteiger partial charge is 0.416 e. The summed E-state index contributed by atoms with van der Waals surface area (Å²) in [7, 11) is 0. The van der Waals surface area contributed by atoms with Gasteiger partial charge in [0, 0.05) is 5.69 Å². The van der Waals surface area contributed by atoms with E-state index in [2.05, 4.69) is 10.6 Å². The van der Waals surface area contributed by atoms with Gasteiger partial charge in [-0.15, -0.1) is 0 Å². The van der Waals surface area contributed by atoms with Crippen LogP contribution in [-0.4, -0.2) is 42.5 Å². The topological polar surface area (TPSA) is 97.0 Å². The molecule has 168 valence electrons. The van der Waals surface area contributed by atoms with Crippen molar-refractivity contribution in [2.45, 2.75) is 18.6 Å². The third-order valence-corrected chi connectivity index (χ3v) is 5.17. The number of carbonyl (C=O) groups excluding carboxylic acids is 3. The number of nitrogens with one attached hydrogen (secondary N) is 2. The van der Waals surface area contributed by atoms with Gasteiger partial charge in [0.05, 0.1) is 5.56 Å². The Morgan fingerprint density at radius 1 is 1.12 bits per heavy atom. The highest BCUT2D eigenvalue weighted by molar-refractivity contribution is 6.10. The zero-order chi connectivity index (χ0) is 23.1. The van der Waals surface area contributed by atoms with Crippen molar-refractivity contribution < 1.29 is 37.0 Å². The number of amides is 4. The SMILES string of the molecule is CC1(c2ccc3c(c2)OCCO3)NC(=O)N(CC(=O)Nc2cccc(C(F)(F)F)c2)C1=O. The van der Waals surface area contributed by atoms with Crippen molar-refractivity contribution in [3.8, 4) is 11.5 Å². The summed E-state index contributed by atoms with van der Waals surface area (Å²) in [6, 6.07) is 8.07. The first-order chi connectivity index (χ1) is 15.1. The zero-order valence-corrected chi connectivity index (χ0v) is 16.8. The van der Waals surface area contributed by atoms with Crippen LogP contribution in [0, 0.1) is 0 Å². The van der Waals surface area contributed by atoms with Crippen LogP contribution in [0.1, 0.15) is 18.1 Å². The van der Waals surface area contributed by atoms with Crippen LogP contribution >= 0.6 is 0 Å². The molecule has 2 heterocycles. The van der Waals surface area contributed by atoms with Gasteiger partial charge in [0.25, 0.3) is 5.91 Å². The minimum atomic E-state index is -4.57. The zero-order valence-electron chi connectivity index (χ0n) is 16.8. The number of anilines is 1. The van der Waals surface area contributed by atoms with E-state index in [0.29, 0.717) is 35.2 Å². The van der Waals surface area contributed by atoms with E-state index < -0.39 is 41.7 Å². The number of benzene rings is 2. The predicted octanol–water partition coefficient (Wildman–Crippen LogP) is 2.88. The van der Waals surface area contributed by atoms with Crippen LogP contribution in [0.4, 0.5) is 23.7 Å². The van der Waals surface area contributed by atoms with E-state index in [4.69, 9.17) is 9.47 Å². The van der Waals surface area contributed by atoms with Gasteiger partial charge < -0.3 is 20.1 Å². The second-order valence-corrected chi connectivity index (χ2v) is 7.43. The van der Waals surface area contributed by atoms with E-state index >= 15 is 0 Å². The predicted molar refractivity (Wildman–Crippen MR) is 105 cm³/mol. The quantitative estimate of drug-likeness (QED) is 0.700. The van der Waals surface area contributed by atoms with Crippen LogP contribution in [0.15, 0.2) is 42.5 Å². The highest BCUT2D eigenvalue weighted by Gasteiger charge is 2.49. The minimum Gasteiger partial charge on any atom is -0.486 e. The molecule has 0 aliphatic carbocycles. The monoisotopic (exact) mass is 449 g/mol. The average Bonchev–Trinajstić information content (AvgIpc) is 2.97. The van der Waals surface area contributed by atoms with Crippen molar-refractivity contribution in [1.29, 1.82) is 0 Å². The lowest BCUT2D eigenvalue weighted by Gasteiger charge is -2.25. The summed E-state index contributed by atoms with van der Waals surface area (Å²) in [5.41, 5.74) is -2.06. The molecule has 0 radical (unpaired) electrons. The largest absolute Gasteiger partial charge is 0.486 e. The van der Waals surface area contributed by atoms with E-state index in [1.807, 2.05) is 0 Å². The number of imide groups is 1. The van der Waals surface area contributed by atoms with E-state index in [1.54, 1.807) is 18.2 Å². The van der Waals surface area contributed by atoms with E-state index in [0.717, 1.165) is 18.2 Å². The first-order valence-electron chi connectivity index (χ1n) is 9.59. The van der Waals surface area contributed by atoms with Gasteiger partial charge >= 0.3 is 12.2 Å². The summed E-state index contributed by atoms with van der Waals surface area (Å²) < 4.78 is 49.5. The molecule has 11 heteroatoms. The highest BCUT2D eigenvalue weighted by Crippen LogP contribution is 2.37. The van der Waals surface area contributed by atoms with Gasteiger partial charge in [0.15, 0.2) is 11.5 Å². The Labute approximate surface area is 180 Å². The van der Waals surface area contributed by atoms with Gasteiger partial charge in [-0.25, -0.2) is 4.79 Å². The molecule has 32 heavy (non-hydrogen) atoms. The second-order valence-electron chi connectivity index (χ2n) is 7.43. The summed E-state index contributed by atoms with van der Waals surface area (Å²) in [5.74, 6) is -0.562. The number of hydrogen-bond donors (Lipinski definition) is 2. The van der Waals surface area contributed by atoms with Gasteiger partial charge in [0.2, 0.25) is 5.91 Å². The third-order valence-electron chi connectivity index (χ3n) is 5.17. The molecule has 1 atom stereocenters. The van der Waals surface area contributed by atoms with Gasteiger partial charge in [-0.05, 0) is 42.8 Å². The number of nitrogens with zero attached hydrogens (tertiary/aromatic N) is 1. The lowest BCUT2D eigenvalue weighted by atomic mass is 9.91. The number of hydrogen-bond acceptors (Lipinski definition) is 5. The summed E-state index contributed by atoms with van der Waals surface area (Å²) >= 11 is 0. The molecule has 0 saturated carbocycles. The van der Waals surface area contributed by atoms with Crippen LogP contribution < -0.4 is 20.1 Å². The lowest BCUT2D eigenvalue weighted by molar-refractivity contribution is -0.137. The fourth-order valence-electron chi connectivity index (χ4n) is 3.51. The van der Waals surface area contributed by atoms with Crippen molar-refractivity contribution in [2.24, 2.45) is 0 Å². The molecule has 2 N–H and O–H groups in total. The molecular formula is C21H18F3N3O5. The minimum absolute atomic E-state index is 0.105. The fraction of sp³-hybridized carbons (Fsp3) is 0.286. The van der Waals surface area contributed by atoms with Crippen LogP contribution in [0.2, 0.25) is 0 Å². The van der Waals surface area contributed by atoms with Crippen molar-refractivity contribution in [2.75, 3.05) is 25.1 Å². The summed E-state index contributed by atoms with van der Waals surface area (Å²) in [4.78, 5) is 38.5. The Morgan fingerprint density at radius 2 is 1.84 bits per heavy atom. The second kappa shape index (κ2) is 7.74.